The van der Waals surface area contributed by atoms with Crippen molar-refractivity contribution in [2.75, 3.05) is 0 Å². The molecule has 2 N–H and O–H groups in total. The van der Waals surface area contributed by atoms with E-state index >= 15 is 0 Å². The first kappa shape index (κ1) is 7.81. The van der Waals surface area contributed by atoms with Gasteiger partial charge in [0.25, 0.3) is 0 Å². The summed E-state index contributed by atoms with van der Waals surface area (Å²) in [5.74, 6) is 0.612. The molecule has 1 aliphatic carbocycles. The molecular weight excluding hydrogens is 146 g/mol. The summed E-state index contributed by atoms with van der Waals surface area (Å²) in [6.45, 7) is 4.40. The molecule has 0 saturated heterocycles. The second-order valence-electron chi connectivity index (χ2n) is 3.85. The molecule has 2 rings (SSSR count). The number of hydrogen-bond acceptors (Lipinski definition) is 1. The minimum absolute atomic E-state index is 0.264. The molecule has 0 bridgehead atoms. The van der Waals surface area contributed by atoms with Crippen LogP contribution < -0.4 is 5.73 Å². The summed E-state index contributed by atoms with van der Waals surface area (Å²) in [4.78, 5) is 0. The van der Waals surface area contributed by atoms with Crippen molar-refractivity contribution in [2.24, 2.45) is 11.7 Å². The number of aryl methyl sites for hydroxylation is 1. The Bertz CT molecular complexity index is 304. The lowest BCUT2D eigenvalue weighted by Crippen LogP contribution is -2.13. The normalized spacial score (nSPS) is 27.2. The molecule has 1 aromatic rings. The maximum absolute atomic E-state index is 6.06. The molecule has 2 atom stereocenters. The Morgan fingerprint density at radius 3 is 2.83 bits per heavy atom. The van der Waals surface area contributed by atoms with Gasteiger partial charge in [0.15, 0.2) is 0 Å². The van der Waals surface area contributed by atoms with E-state index in [1.54, 1.807) is 0 Å². The first-order valence-corrected chi connectivity index (χ1v) is 4.54. The fraction of sp³-hybridized carbons (Fsp3) is 0.455. The first-order valence-electron chi connectivity index (χ1n) is 4.54. The molecule has 1 nitrogen and oxygen atoms in total. The van der Waals surface area contributed by atoms with Crippen LogP contribution in [0.3, 0.4) is 0 Å². The zero-order chi connectivity index (χ0) is 8.72. The molecule has 0 radical (unpaired) electrons. The summed E-state index contributed by atoms with van der Waals surface area (Å²) in [6, 6.07) is 6.70. The Kier molecular flexibility index (Phi) is 1.69. The molecular formula is C11H15N. The van der Waals surface area contributed by atoms with Crippen molar-refractivity contribution in [2.45, 2.75) is 26.3 Å². The first-order chi connectivity index (χ1) is 5.70. The monoisotopic (exact) mass is 161 g/mol. The lowest BCUT2D eigenvalue weighted by molar-refractivity contribution is 0.513. The molecule has 1 aliphatic rings. The minimum Gasteiger partial charge on any atom is -0.324 e. The fourth-order valence-corrected chi connectivity index (χ4v) is 2.07. The summed E-state index contributed by atoms with van der Waals surface area (Å²) >= 11 is 0. The maximum atomic E-state index is 6.06. The lowest BCUT2D eigenvalue weighted by atomic mass is 10.0. The molecule has 64 valence electrons. The number of rotatable bonds is 0. The van der Waals surface area contributed by atoms with Crippen molar-refractivity contribution in [1.82, 2.24) is 0 Å². The summed E-state index contributed by atoms with van der Waals surface area (Å²) in [5.41, 5.74) is 10.3. The molecule has 0 saturated carbocycles. The van der Waals surface area contributed by atoms with Gasteiger partial charge in [-0.1, -0.05) is 25.1 Å². The smallest absolute Gasteiger partial charge is 0.0326 e. The van der Waals surface area contributed by atoms with Crippen LogP contribution in [0.1, 0.15) is 29.7 Å². The average Bonchev–Trinajstić information content (AvgIpc) is 2.32. The zero-order valence-electron chi connectivity index (χ0n) is 7.67. The third-order valence-electron chi connectivity index (χ3n) is 2.94. The van der Waals surface area contributed by atoms with Crippen molar-refractivity contribution in [3.63, 3.8) is 0 Å². The summed E-state index contributed by atoms with van der Waals surface area (Å²) in [6.07, 6.45) is 1.16. The molecule has 0 heterocycles. The van der Waals surface area contributed by atoms with Crippen molar-refractivity contribution in [1.29, 1.82) is 0 Å². The Labute approximate surface area is 73.6 Å². The number of hydrogen-bond donors (Lipinski definition) is 1. The molecule has 12 heavy (non-hydrogen) atoms. The van der Waals surface area contributed by atoms with Crippen LogP contribution in [0, 0.1) is 12.8 Å². The van der Waals surface area contributed by atoms with E-state index in [0.717, 1.165) is 6.42 Å². The van der Waals surface area contributed by atoms with Gasteiger partial charge in [0.05, 0.1) is 0 Å². The topological polar surface area (TPSA) is 26.0 Å². The lowest BCUT2D eigenvalue weighted by Gasteiger charge is -2.09. The van der Waals surface area contributed by atoms with E-state index in [0.29, 0.717) is 5.92 Å². The van der Waals surface area contributed by atoms with Gasteiger partial charge in [-0.3, -0.25) is 0 Å². The Morgan fingerprint density at radius 1 is 1.42 bits per heavy atom. The van der Waals surface area contributed by atoms with Crippen molar-refractivity contribution >= 4 is 0 Å². The van der Waals surface area contributed by atoms with Crippen molar-refractivity contribution < 1.29 is 0 Å². The highest BCUT2D eigenvalue weighted by molar-refractivity contribution is 5.40. The van der Waals surface area contributed by atoms with Gasteiger partial charge in [0, 0.05) is 6.04 Å². The quantitative estimate of drug-likeness (QED) is 0.620. The molecule has 0 amide bonds. The highest BCUT2D eigenvalue weighted by atomic mass is 14.7. The molecule has 1 aromatic carbocycles. The van der Waals surface area contributed by atoms with Gasteiger partial charge in [-0.05, 0) is 36.0 Å². The van der Waals surface area contributed by atoms with Crippen molar-refractivity contribution in [3.8, 4) is 0 Å². The Morgan fingerprint density at radius 2 is 2.17 bits per heavy atom. The van der Waals surface area contributed by atoms with Crippen LogP contribution in [0.15, 0.2) is 18.2 Å². The van der Waals surface area contributed by atoms with Gasteiger partial charge < -0.3 is 5.73 Å². The van der Waals surface area contributed by atoms with Gasteiger partial charge in [-0.2, -0.15) is 0 Å². The summed E-state index contributed by atoms with van der Waals surface area (Å²) < 4.78 is 0. The Hall–Kier alpha value is -0.820. The average molecular weight is 161 g/mol. The van der Waals surface area contributed by atoms with Gasteiger partial charge in [0.1, 0.15) is 0 Å². The van der Waals surface area contributed by atoms with E-state index in [-0.39, 0.29) is 6.04 Å². The van der Waals surface area contributed by atoms with Gasteiger partial charge in [-0.15, -0.1) is 0 Å². The molecule has 1 heteroatoms. The second kappa shape index (κ2) is 2.60. The minimum atomic E-state index is 0.264. The number of nitrogens with two attached hydrogens (primary N) is 1. The van der Waals surface area contributed by atoms with E-state index in [9.17, 15) is 0 Å². The molecule has 2 unspecified atom stereocenters. The maximum Gasteiger partial charge on any atom is 0.0326 e. The van der Waals surface area contributed by atoms with Crippen LogP contribution in [-0.2, 0) is 6.42 Å². The van der Waals surface area contributed by atoms with E-state index in [1.165, 1.54) is 16.7 Å². The third kappa shape index (κ3) is 0.969. The summed E-state index contributed by atoms with van der Waals surface area (Å²) in [7, 11) is 0. The second-order valence-corrected chi connectivity index (χ2v) is 3.85. The molecule has 0 aliphatic heterocycles. The van der Waals surface area contributed by atoms with Gasteiger partial charge in [0.2, 0.25) is 0 Å². The van der Waals surface area contributed by atoms with Crippen LogP contribution in [0.25, 0.3) is 0 Å². The fourth-order valence-electron chi connectivity index (χ4n) is 2.07. The highest BCUT2D eigenvalue weighted by Gasteiger charge is 2.26. The molecule has 0 aromatic heterocycles. The largest absolute Gasteiger partial charge is 0.324 e. The summed E-state index contributed by atoms with van der Waals surface area (Å²) in [5, 5.41) is 0. The van der Waals surface area contributed by atoms with E-state index in [1.807, 2.05) is 0 Å². The predicted molar refractivity (Wildman–Crippen MR) is 51.0 cm³/mol. The van der Waals surface area contributed by atoms with Crippen LogP contribution in [0.4, 0.5) is 0 Å². The van der Waals surface area contributed by atoms with Gasteiger partial charge in [-0.25, -0.2) is 0 Å². The standard InChI is InChI=1S/C11H15N/c1-7-4-3-5-9-10(7)6-8(2)11(9)12/h3-5,8,11H,6,12H2,1-2H3. The third-order valence-corrected chi connectivity index (χ3v) is 2.94. The van der Waals surface area contributed by atoms with Gasteiger partial charge >= 0.3 is 0 Å². The SMILES string of the molecule is Cc1cccc2c1CC(C)C2N. The predicted octanol–water partition coefficient (Wildman–Crippen LogP) is 2.19. The van der Waals surface area contributed by atoms with Crippen molar-refractivity contribution in [3.05, 3.63) is 34.9 Å². The molecule has 0 spiro atoms. The zero-order valence-corrected chi connectivity index (χ0v) is 7.67. The highest BCUT2D eigenvalue weighted by Crippen LogP contribution is 2.35. The van der Waals surface area contributed by atoms with Crippen LogP contribution in [-0.4, -0.2) is 0 Å². The number of fused-ring (bicyclic) bond motifs is 1. The van der Waals surface area contributed by atoms with Crippen LogP contribution in [0.2, 0.25) is 0 Å². The van der Waals surface area contributed by atoms with Crippen LogP contribution >= 0.6 is 0 Å². The van der Waals surface area contributed by atoms with E-state index in [4.69, 9.17) is 5.73 Å². The Balaban J connectivity index is 2.53. The van der Waals surface area contributed by atoms with E-state index in [2.05, 4.69) is 32.0 Å². The molecule has 0 fully saturated rings. The number of benzene rings is 1. The van der Waals surface area contributed by atoms with Crippen LogP contribution in [0.5, 0.6) is 0 Å². The van der Waals surface area contributed by atoms with E-state index < -0.39 is 0 Å².